The van der Waals surface area contributed by atoms with Gasteiger partial charge in [-0.2, -0.15) is 0 Å². The molecule has 2 fully saturated rings. The van der Waals surface area contributed by atoms with Crippen LogP contribution in [0.1, 0.15) is 57.0 Å². The highest BCUT2D eigenvalue weighted by atomic mass is 16.6. The van der Waals surface area contributed by atoms with Crippen LogP contribution < -0.4 is 5.73 Å². The summed E-state index contributed by atoms with van der Waals surface area (Å²) in [5.41, 5.74) is 6.12. The molecule has 2 aliphatic rings. The van der Waals surface area contributed by atoms with Gasteiger partial charge in [-0.25, -0.2) is 15.0 Å². The Kier molecular flexibility index (Phi) is 5.90. The van der Waals surface area contributed by atoms with Gasteiger partial charge in [-0.3, -0.25) is 4.57 Å². The average Bonchev–Trinajstić information content (AvgIpc) is 3.41. The van der Waals surface area contributed by atoms with Crippen molar-refractivity contribution in [3.63, 3.8) is 0 Å². The summed E-state index contributed by atoms with van der Waals surface area (Å²) in [5, 5.41) is 40.0. The van der Waals surface area contributed by atoms with Crippen molar-refractivity contribution in [3.05, 3.63) is 12.2 Å². The summed E-state index contributed by atoms with van der Waals surface area (Å²) < 4.78 is 7.01. The zero-order valence-corrected chi connectivity index (χ0v) is 16.6. The van der Waals surface area contributed by atoms with Gasteiger partial charge in [-0.05, 0) is 31.6 Å². The molecule has 2 unspecified atom stereocenters. The Balaban J connectivity index is 1.50. The normalized spacial score (nSPS) is 28.0. The largest absolute Gasteiger partial charge is 0.394 e. The number of unbranched alkanes of at least 4 members (excludes halogenated alkanes) is 1. The van der Waals surface area contributed by atoms with Gasteiger partial charge in [0.15, 0.2) is 17.7 Å². The van der Waals surface area contributed by atoms with Crippen LogP contribution in [-0.2, 0) is 4.74 Å². The first-order valence-corrected chi connectivity index (χ1v) is 10.3. The summed E-state index contributed by atoms with van der Waals surface area (Å²) in [6.45, 7) is -0.426. The van der Waals surface area contributed by atoms with Crippen LogP contribution in [0.25, 0.3) is 11.2 Å². The molecule has 3 heterocycles. The quantitative estimate of drug-likeness (QED) is 0.329. The predicted octanol–water partition coefficient (Wildman–Crippen LogP) is -0.153. The zero-order chi connectivity index (χ0) is 21.3. The lowest BCUT2D eigenvalue weighted by Crippen LogP contribution is -2.33. The number of nitrogens with two attached hydrogens (primary N) is 1. The van der Waals surface area contributed by atoms with Crippen LogP contribution in [0.15, 0.2) is 6.33 Å². The molecule has 2 aromatic rings. The maximum atomic E-state index is 10.4. The minimum absolute atomic E-state index is 0.148. The van der Waals surface area contributed by atoms with E-state index in [0.717, 1.165) is 38.5 Å². The molecule has 30 heavy (non-hydrogen) atoms. The first kappa shape index (κ1) is 21.0. The Morgan fingerprint density at radius 3 is 2.70 bits per heavy atom. The van der Waals surface area contributed by atoms with E-state index in [1.165, 1.54) is 10.9 Å². The number of aliphatic hydroxyl groups is 4. The minimum Gasteiger partial charge on any atom is -0.394 e. The van der Waals surface area contributed by atoms with E-state index in [1.54, 1.807) is 0 Å². The fourth-order valence-corrected chi connectivity index (χ4v) is 4.22. The molecular weight excluding hydrogens is 390 g/mol. The molecule has 4 rings (SSSR count). The van der Waals surface area contributed by atoms with E-state index in [2.05, 4.69) is 26.8 Å². The number of anilines is 1. The summed E-state index contributed by atoms with van der Waals surface area (Å²) in [5.74, 6) is 6.28. The Bertz CT molecular complexity index is 962. The second-order valence-corrected chi connectivity index (χ2v) is 8.07. The highest BCUT2D eigenvalue weighted by Gasteiger charge is 2.44. The van der Waals surface area contributed by atoms with E-state index < -0.39 is 36.7 Å². The maximum absolute atomic E-state index is 10.4. The van der Waals surface area contributed by atoms with E-state index in [1.807, 2.05) is 0 Å². The first-order valence-electron chi connectivity index (χ1n) is 10.3. The molecule has 1 aliphatic carbocycles. The number of fused-ring (bicyclic) bond motifs is 1. The summed E-state index contributed by atoms with van der Waals surface area (Å²) in [4.78, 5) is 12.7. The zero-order valence-electron chi connectivity index (χ0n) is 16.6. The highest BCUT2D eigenvalue weighted by Crippen LogP contribution is 2.34. The Morgan fingerprint density at radius 2 is 2.00 bits per heavy atom. The van der Waals surface area contributed by atoms with Crippen molar-refractivity contribution >= 4 is 17.0 Å². The number of ether oxygens (including phenoxy) is 1. The van der Waals surface area contributed by atoms with E-state index in [4.69, 9.17) is 10.5 Å². The minimum atomic E-state index is -1.26. The summed E-state index contributed by atoms with van der Waals surface area (Å²) in [6, 6.07) is 0. The van der Waals surface area contributed by atoms with Crippen LogP contribution in [-0.4, -0.2) is 70.5 Å². The third-order valence-electron chi connectivity index (χ3n) is 5.92. The molecule has 0 spiro atoms. The number of nitrogens with zero attached hydrogens (tertiary/aromatic N) is 4. The van der Waals surface area contributed by atoms with Crippen LogP contribution in [0.5, 0.6) is 0 Å². The molecule has 0 aromatic carbocycles. The highest BCUT2D eigenvalue weighted by molar-refractivity contribution is 5.82. The maximum Gasteiger partial charge on any atom is 0.208 e. The summed E-state index contributed by atoms with van der Waals surface area (Å²) in [6.07, 6.45) is 3.06. The fourth-order valence-electron chi connectivity index (χ4n) is 4.22. The molecule has 1 saturated heterocycles. The van der Waals surface area contributed by atoms with Gasteiger partial charge < -0.3 is 30.9 Å². The number of imidazole rings is 1. The van der Waals surface area contributed by atoms with Crippen molar-refractivity contribution in [1.29, 1.82) is 0 Å². The summed E-state index contributed by atoms with van der Waals surface area (Å²) >= 11 is 0. The van der Waals surface area contributed by atoms with Gasteiger partial charge in [0.1, 0.15) is 23.8 Å². The number of nitrogen functional groups attached to an aromatic ring is 1. The van der Waals surface area contributed by atoms with Gasteiger partial charge in [0.25, 0.3) is 0 Å². The molecule has 1 aliphatic heterocycles. The lowest BCUT2D eigenvalue weighted by molar-refractivity contribution is -0.0511. The molecule has 162 valence electrons. The monoisotopic (exact) mass is 417 g/mol. The predicted molar refractivity (Wildman–Crippen MR) is 107 cm³/mol. The van der Waals surface area contributed by atoms with Crippen molar-refractivity contribution in [2.45, 2.75) is 75.1 Å². The first-order chi connectivity index (χ1) is 14.4. The second kappa shape index (κ2) is 8.45. The lowest BCUT2D eigenvalue weighted by atomic mass is 9.95. The van der Waals surface area contributed by atoms with E-state index in [9.17, 15) is 20.4 Å². The SMILES string of the molecule is Nc1nc(C#CCCCC2(O)CCCC2)nc2c1ncn2[C@@H]1O[C@H](CO)C(O)C1O. The van der Waals surface area contributed by atoms with Crippen LogP contribution in [0.4, 0.5) is 5.82 Å². The van der Waals surface area contributed by atoms with Gasteiger partial charge in [0.05, 0.1) is 18.5 Å². The second-order valence-electron chi connectivity index (χ2n) is 8.07. The average molecular weight is 417 g/mol. The number of hydrogen-bond donors (Lipinski definition) is 5. The van der Waals surface area contributed by atoms with Crippen molar-refractivity contribution < 1.29 is 25.2 Å². The van der Waals surface area contributed by atoms with Gasteiger partial charge in [-0.15, -0.1) is 0 Å². The number of aliphatic hydroxyl groups excluding tert-OH is 3. The van der Waals surface area contributed by atoms with Crippen LogP contribution in [0, 0.1) is 11.8 Å². The van der Waals surface area contributed by atoms with E-state index in [-0.39, 0.29) is 11.6 Å². The molecule has 4 atom stereocenters. The number of hydrogen-bond acceptors (Lipinski definition) is 9. The molecular formula is C20H27N5O5. The third-order valence-corrected chi connectivity index (χ3v) is 5.92. The molecule has 2 aromatic heterocycles. The smallest absolute Gasteiger partial charge is 0.208 e. The molecule has 1 saturated carbocycles. The van der Waals surface area contributed by atoms with Crippen LogP contribution >= 0.6 is 0 Å². The lowest BCUT2D eigenvalue weighted by Gasteiger charge is -2.20. The van der Waals surface area contributed by atoms with Crippen molar-refractivity contribution in [2.75, 3.05) is 12.3 Å². The molecule has 0 bridgehead atoms. The molecule has 0 amide bonds. The molecule has 0 radical (unpaired) electrons. The van der Waals surface area contributed by atoms with Gasteiger partial charge in [0, 0.05) is 6.42 Å². The van der Waals surface area contributed by atoms with Crippen molar-refractivity contribution in [3.8, 4) is 11.8 Å². The molecule has 10 heteroatoms. The topological polar surface area (TPSA) is 160 Å². The van der Waals surface area contributed by atoms with E-state index in [0.29, 0.717) is 17.6 Å². The standard InChI is InChI=1S/C20H27N5O5/c21-17-14-18(25(11-22-14)19-16(28)15(27)12(10-26)30-19)24-13(23-17)6-2-1-3-7-20(29)8-4-5-9-20/h11-12,15-16,19,26-29H,1,3-5,7-10H2,(H2,21,23,24)/t12-,15?,16?,19-/m1/s1. The van der Waals surface area contributed by atoms with Crippen molar-refractivity contribution in [1.82, 2.24) is 19.5 Å². The van der Waals surface area contributed by atoms with Crippen molar-refractivity contribution in [2.24, 2.45) is 0 Å². The fraction of sp³-hybridized carbons (Fsp3) is 0.650. The van der Waals surface area contributed by atoms with Gasteiger partial charge in [-0.1, -0.05) is 18.8 Å². The van der Waals surface area contributed by atoms with Crippen LogP contribution in [0.3, 0.4) is 0 Å². The van der Waals surface area contributed by atoms with Crippen LogP contribution in [0.2, 0.25) is 0 Å². The van der Waals surface area contributed by atoms with E-state index >= 15 is 0 Å². The Labute approximate surface area is 173 Å². The van der Waals surface area contributed by atoms with Gasteiger partial charge >= 0.3 is 0 Å². The molecule has 6 N–H and O–H groups in total. The summed E-state index contributed by atoms with van der Waals surface area (Å²) in [7, 11) is 0. The Hall–Kier alpha value is -2.29. The third kappa shape index (κ3) is 3.99. The van der Waals surface area contributed by atoms with Gasteiger partial charge in [0.2, 0.25) is 5.82 Å². The Morgan fingerprint density at radius 1 is 1.23 bits per heavy atom. The number of rotatable bonds is 5. The molecule has 10 nitrogen and oxygen atoms in total. The number of aromatic nitrogens is 4.